The van der Waals surface area contributed by atoms with Gasteiger partial charge in [-0.1, -0.05) is 25.5 Å². The molecule has 0 saturated heterocycles. The Hall–Kier alpha value is -0.670. The van der Waals surface area contributed by atoms with E-state index in [-0.39, 0.29) is 16.9 Å². The van der Waals surface area contributed by atoms with E-state index in [4.69, 9.17) is 5.73 Å². The lowest BCUT2D eigenvalue weighted by Crippen LogP contribution is -2.51. The highest BCUT2D eigenvalue weighted by atomic mass is 16.3. The predicted octanol–water partition coefficient (Wildman–Crippen LogP) is 3.06. The van der Waals surface area contributed by atoms with Crippen molar-refractivity contribution in [3.05, 3.63) is 11.6 Å². The van der Waals surface area contributed by atoms with Crippen molar-refractivity contribution in [3.63, 3.8) is 0 Å². The first kappa shape index (κ1) is 16.2. The summed E-state index contributed by atoms with van der Waals surface area (Å²) in [7, 11) is 0. The van der Waals surface area contributed by atoms with E-state index in [1.807, 2.05) is 0 Å². The minimum Gasteiger partial charge on any atom is -0.393 e. The second-order valence-electron chi connectivity index (χ2n) is 8.40. The Kier molecular flexibility index (Phi) is 4.24. The largest absolute Gasteiger partial charge is 0.393 e. The molecule has 22 heavy (non-hydrogen) atoms. The summed E-state index contributed by atoms with van der Waals surface area (Å²) < 4.78 is 0. The first-order chi connectivity index (χ1) is 10.4. The molecule has 3 aliphatic rings. The van der Waals surface area contributed by atoms with Crippen LogP contribution in [-0.4, -0.2) is 24.0 Å². The van der Waals surface area contributed by atoms with Crippen LogP contribution in [0, 0.1) is 28.6 Å². The van der Waals surface area contributed by atoms with Crippen LogP contribution in [0.5, 0.6) is 0 Å². The van der Waals surface area contributed by atoms with E-state index in [1.54, 1.807) is 0 Å². The lowest BCUT2D eigenvalue weighted by Gasteiger charge is -2.57. The van der Waals surface area contributed by atoms with Gasteiger partial charge in [-0.3, -0.25) is 0 Å². The zero-order chi connectivity index (χ0) is 16.0. The number of aliphatic hydroxyl groups is 1. The monoisotopic (exact) mass is 305 g/mol. The van der Waals surface area contributed by atoms with Gasteiger partial charge in [0.15, 0.2) is 0 Å². The molecular formula is C19H31NO2. The van der Waals surface area contributed by atoms with Crippen LogP contribution in [0.15, 0.2) is 11.6 Å². The zero-order valence-corrected chi connectivity index (χ0v) is 14.1. The smallest absolute Gasteiger partial charge is 0.126 e. The molecule has 2 fully saturated rings. The minimum atomic E-state index is -0.198. The Morgan fingerprint density at radius 2 is 2.14 bits per heavy atom. The number of allylic oxidation sites excluding steroid dienone is 1. The van der Waals surface area contributed by atoms with Gasteiger partial charge in [0.25, 0.3) is 0 Å². The summed E-state index contributed by atoms with van der Waals surface area (Å²) in [4.78, 5) is 11.8. The van der Waals surface area contributed by atoms with Gasteiger partial charge in [0, 0.05) is 5.41 Å². The Morgan fingerprint density at radius 1 is 1.36 bits per heavy atom. The van der Waals surface area contributed by atoms with Crippen LogP contribution in [0.3, 0.4) is 0 Å². The van der Waals surface area contributed by atoms with Gasteiger partial charge in [0.05, 0.1) is 6.10 Å². The van der Waals surface area contributed by atoms with Crippen molar-refractivity contribution in [2.24, 2.45) is 34.3 Å². The van der Waals surface area contributed by atoms with Gasteiger partial charge in [-0.2, -0.15) is 0 Å². The molecule has 0 aromatic heterocycles. The first-order valence-corrected chi connectivity index (χ1v) is 8.98. The van der Waals surface area contributed by atoms with Crippen LogP contribution in [-0.2, 0) is 4.79 Å². The zero-order valence-electron chi connectivity index (χ0n) is 14.1. The van der Waals surface area contributed by atoms with E-state index < -0.39 is 0 Å². The standard InChI is InChI=1S/C19H31NO2/c1-18(12-21)8-6-17-15(16(18)7-10-20)4-3-13-11-14(22)5-9-19(13,17)2/h3,12,14-17,22H,4-11,20H2,1-2H3. The van der Waals surface area contributed by atoms with Crippen molar-refractivity contribution in [3.8, 4) is 0 Å². The molecule has 3 heteroatoms. The maximum atomic E-state index is 11.8. The molecule has 2 saturated carbocycles. The third kappa shape index (κ3) is 2.37. The fourth-order valence-electron chi connectivity index (χ4n) is 5.86. The molecule has 0 aromatic rings. The van der Waals surface area contributed by atoms with Crippen molar-refractivity contribution in [2.45, 2.75) is 64.9 Å². The molecule has 124 valence electrons. The number of rotatable bonds is 3. The molecule has 0 bridgehead atoms. The number of nitrogens with two attached hydrogens (primary N) is 1. The SMILES string of the molecule is CC1(C=O)CCC2C(CC=C3CC(O)CCC32C)C1CCN. The Balaban J connectivity index is 1.93. The normalized spacial score (nSPS) is 48.1. The molecule has 0 spiro atoms. The second-order valence-corrected chi connectivity index (χ2v) is 8.40. The molecule has 3 rings (SSSR count). The van der Waals surface area contributed by atoms with E-state index in [9.17, 15) is 9.90 Å². The lowest BCUT2D eigenvalue weighted by molar-refractivity contribution is -0.127. The van der Waals surface area contributed by atoms with Crippen molar-refractivity contribution >= 4 is 6.29 Å². The molecule has 3 nitrogen and oxygen atoms in total. The lowest BCUT2D eigenvalue weighted by atomic mass is 9.47. The highest BCUT2D eigenvalue weighted by Gasteiger charge is 2.54. The quantitative estimate of drug-likeness (QED) is 0.622. The summed E-state index contributed by atoms with van der Waals surface area (Å²) in [6.45, 7) is 5.22. The van der Waals surface area contributed by atoms with Gasteiger partial charge in [-0.25, -0.2) is 0 Å². The second kappa shape index (κ2) is 5.76. The summed E-state index contributed by atoms with van der Waals surface area (Å²) in [6.07, 6.45) is 10.5. The van der Waals surface area contributed by atoms with Crippen LogP contribution in [0.1, 0.15) is 58.8 Å². The average molecular weight is 305 g/mol. The van der Waals surface area contributed by atoms with Gasteiger partial charge < -0.3 is 15.6 Å². The fourth-order valence-corrected chi connectivity index (χ4v) is 5.86. The predicted molar refractivity (Wildman–Crippen MR) is 88.2 cm³/mol. The first-order valence-electron chi connectivity index (χ1n) is 8.98. The summed E-state index contributed by atoms with van der Waals surface area (Å²) >= 11 is 0. The number of hydrogen-bond acceptors (Lipinski definition) is 3. The Labute approximate surface area is 134 Å². The Bertz CT molecular complexity index is 474. The number of fused-ring (bicyclic) bond motifs is 3. The van der Waals surface area contributed by atoms with E-state index in [2.05, 4.69) is 19.9 Å². The van der Waals surface area contributed by atoms with Gasteiger partial charge in [0.2, 0.25) is 0 Å². The van der Waals surface area contributed by atoms with E-state index >= 15 is 0 Å². The van der Waals surface area contributed by atoms with Crippen LogP contribution in [0.25, 0.3) is 0 Å². The fraction of sp³-hybridized carbons (Fsp3) is 0.842. The number of aldehydes is 1. The third-order valence-electron chi connectivity index (χ3n) is 7.26. The number of aliphatic hydroxyl groups excluding tert-OH is 1. The molecule has 0 amide bonds. The Morgan fingerprint density at radius 3 is 2.82 bits per heavy atom. The number of carbonyl (C=O) groups is 1. The van der Waals surface area contributed by atoms with E-state index in [0.29, 0.717) is 24.3 Å². The molecule has 0 heterocycles. The van der Waals surface area contributed by atoms with Crippen LogP contribution < -0.4 is 5.73 Å². The molecule has 6 unspecified atom stereocenters. The third-order valence-corrected chi connectivity index (χ3v) is 7.26. The molecule has 6 atom stereocenters. The summed E-state index contributed by atoms with van der Waals surface area (Å²) in [5.41, 5.74) is 7.39. The molecule has 0 aliphatic heterocycles. The van der Waals surface area contributed by atoms with Gasteiger partial charge >= 0.3 is 0 Å². The molecule has 0 radical (unpaired) electrons. The topological polar surface area (TPSA) is 63.3 Å². The van der Waals surface area contributed by atoms with Gasteiger partial charge in [-0.05, 0) is 74.7 Å². The molecule has 3 N–H and O–H groups in total. The van der Waals surface area contributed by atoms with E-state index in [1.165, 1.54) is 11.9 Å². The van der Waals surface area contributed by atoms with Crippen molar-refractivity contribution < 1.29 is 9.90 Å². The van der Waals surface area contributed by atoms with Crippen LogP contribution in [0.2, 0.25) is 0 Å². The van der Waals surface area contributed by atoms with Crippen molar-refractivity contribution in [2.75, 3.05) is 6.54 Å². The number of hydrogen-bond donors (Lipinski definition) is 2. The van der Waals surface area contributed by atoms with Crippen molar-refractivity contribution in [1.29, 1.82) is 0 Å². The maximum absolute atomic E-state index is 11.8. The molecular weight excluding hydrogens is 274 g/mol. The van der Waals surface area contributed by atoms with Gasteiger partial charge in [0.1, 0.15) is 6.29 Å². The summed E-state index contributed by atoms with van der Waals surface area (Å²) in [6, 6.07) is 0. The maximum Gasteiger partial charge on any atom is 0.126 e. The van der Waals surface area contributed by atoms with E-state index in [0.717, 1.165) is 44.9 Å². The molecule has 3 aliphatic carbocycles. The summed E-state index contributed by atoms with van der Waals surface area (Å²) in [5, 5.41) is 10.0. The highest BCUT2D eigenvalue weighted by Crippen LogP contribution is 2.61. The highest BCUT2D eigenvalue weighted by molar-refractivity contribution is 5.60. The minimum absolute atomic E-state index is 0.153. The molecule has 0 aromatic carbocycles. The summed E-state index contributed by atoms with van der Waals surface area (Å²) in [5.74, 6) is 1.65. The number of carbonyl (C=O) groups excluding carboxylic acids is 1. The van der Waals surface area contributed by atoms with Crippen LogP contribution >= 0.6 is 0 Å². The van der Waals surface area contributed by atoms with Crippen LogP contribution in [0.4, 0.5) is 0 Å². The average Bonchev–Trinajstić information content (AvgIpc) is 2.51. The van der Waals surface area contributed by atoms with Gasteiger partial charge in [-0.15, -0.1) is 0 Å². The van der Waals surface area contributed by atoms with Crippen molar-refractivity contribution in [1.82, 2.24) is 0 Å².